The Kier molecular flexibility index (Phi) is 11.1. The first kappa shape index (κ1) is 25.9. The molecule has 0 aliphatic rings. The predicted octanol–water partition coefficient (Wildman–Crippen LogP) is 7.91. The van der Waals surface area contributed by atoms with Crippen molar-refractivity contribution < 1.29 is 9.47 Å². The van der Waals surface area contributed by atoms with Crippen molar-refractivity contribution in [1.29, 1.82) is 0 Å². The third-order valence-electron chi connectivity index (χ3n) is 6.01. The van der Waals surface area contributed by atoms with E-state index in [0.717, 1.165) is 47.7 Å². The van der Waals surface area contributed by atoms with Crippen molar-refractivity contribution in [3.05, 3.63) is 66.5 Å². The molecule has 1 atom stereocenters. The summed E-state index contributed by atoms with van der Waals surface area (Å²) in [6, 6.07) is 16.7. The number of rotatable bonds is 15. The van der Waals surface area contributed by atoms with E-state index in [4.69, 9.17) is 9.47 Å². The summed E-state index contributed by atoms with van der Waals surface area (Å²) in [6.45, 7) is 7.89. The van der Waals surface area contributed by atoms with Gasteiger partial charge in [0.25, 0.3) is 0 Å². The van der Waals surface area contributed by atoms with Crippen molar-refractivity contribution >= 4 is 0 Å². The minimum absolute atomic E-state index is 0.0904. The van der Waals surface area contributed by atoms with E-state index in [9.17, 15) is 0 Å². The second-order valence-electron chi connectivity index (χ2n) is 9.03. The number of ether oxygens (including phenoxy) is 2. The molecular weight excluding hydrogens is 420 g/mol. The van der Waals surface area contributed by atoms with Gasteiger partial charge in [0.15, 0.2) is 5.82 Å². The topological polar surface area (TPSA) is 44.2 Å². The van der Waals surface area contributed by atoms with Gasteiger partial charge in [-0.25, -0.2) is 9.97 Å². The van der Waals surface area contributed by atoms with Crippen LogP contribution in [0.1, 0.15) is 71.3 Å². The van der Waals surface area contributed by atoms with Gasteiger partial charge in [-0.3, -0.25) is 0 Å². The smallest absolute Gasteiger partial charge is 0.159 e. The summed E-state index contributed by atoms with van der Waals surface area (Å²) in [5.41, 5.74) is 4.50. The van der Waals surface area contributed by atoms with Gasteiger partial charge in [0.2, 0.25) is 0 Å². The van der Waals surface area contributed by atoms with Gasteiger partial charge in [0.05, 0.1) is 6.10 Å². The highest BCUT2D eigenvalue weighted by molar-refractivity contribution is 5.64. The molecule has 182 valence electrons. The van der Waals surface area contributed by atoms with Gasteiger partial charge >= 0.3 is 0 Å². The minimum Gasteiger partial charge on any atom is -0.491 e. The fraction of sp³-hybridized carbons (Fsp3) is 0.467. The molecule has 3 aromatic rings. The monoisotopic (exact) mass is 460 g/mol. The van der Waals surface area contributed by atoms with E-state index in [-0.39, 0.29) is 6.10 Å². The van der Waals surface area contributed by atoms with Crippen LogP contribution in [-0.4, -0.2) is 29.3 Å². The molecule has 3 rings (SSSR count). The Morgan fingerprint density at radius 1 is 0.706 bits per heavy atom. The molecule has 1 aromatic heterocycles. The van der Waals surface area contributed by atoms with E-state index < -0.39 is 0 Å². The van der Waals surface area contributed by atoms with Gasteiger partial charge < -0.3 is 9.47 Å². The molecule has 0 N–H and O–H groups in total. The van der Waals surface area contributed by atoms with Crippen molar-refractivity contribution in [2.75, 3.05) is 13.2 Å². The van der Waals surface area contributed by atoms with E-state index >= 15 is 0 Å². The Balaban J connectivity index is 1.48. The Hall–Kier alpha value is -2.72. The summed E-state index contributed by atoms with van der Waals surface area (Å²) in [5.74, 6) is 1.61. The molecule has 0 aliphatic heterocycles. The number of hydrogen-bond acceptors (Lipinski definition) is 4. The highest BCUT2D eigenvalue weighted by Crippen LogP contribution is 2.23. The molecule has 0 aliphatic carbocycles. The molecule has 0 fully saturated rings. The number of aryl methyl sites for hydroxylation is 1. The lowest BCUT2D eigenvalue weighted by Gasteiger charge is -2.14. The number of aromatic nitrogens is 2. The SMILES string of the molecule is CCCCCCOC(C)COc1ccc(-c2cnc(-c3ccc(CCCCC)cc3)nc2)cc1. The molecule has 1 heterocycles. The number of benzene rings is 2. The van der Waals surface area contributed by atoms with Crippen molar-refractivity contribution in [3.8, 4) is 28.3 Å². The van der Waals surface area contributed by atoms with Gasteiger partial charge in [0.1, 0.15) is 12.4 Å². The molecule has 0 saturated carbocycles. The molecule has 34 heavy (non-hydrogen) atoms. The fourth-order valence-electron chi connectivity index (χ4n) is 3.84. The first-order valence-electron chi connectivity index (χ1n) is 13.0. The van der Waals surface area contributed by atoms with Crippen molar-refractivity contribution in [2.45, 2.75) is 78.2 Å². The van der Waals surface area contributed by atoms with Crippen LogP contribution < -0.4 is 4.74 Å². The summed E-state index contributed by atoms with van der Waals surface area (Å²) >= 11 is 0. The molecule has 2 aromatic carbocycles. The second-order valence-corrected chi connectivity index (χ2v) is 9.03. The molecule has 0 spiro atoms. The lowest BCUT2D eigenvalue weighted by atomic mass is 10.0. The first-order chi connectivity index (χ1) is 16.7. The van der Waals surface area contributed by atoms with E-state index in [2.05, 4.69) is 67.1 Å². The Morgan fingerprint density at radius 3 is 2.03 bits per heavy atom. The van der Waals surface area contributed by atoms with Crippen LogP contribution in [0.2, 0.25) is 0 Å². The van der Waals surface area contributed by atoms with E-state index in [1.165, 1.54) is 44.1 Å². The Bertz CT molecular complexity index is 937. The summed E-state index contributed by atoms with van der Waals surface area (Å²) in [7, 11) is 0. The van der Waals surface area contributed by atoms with E-state index in [1.807, 2.05) is 24.5 Å². The number of unbranched alkanes of at least 4 members (excludes halogenated alkanes) is 5. The number of hydrogen-bond donors (Lipinski definition) is 0. The van der Waals surface area contributed by atoms with Crippen molar-refractivity contribution in [1.82, 2.24) is 9.97 Å². The van der Waals surface area contributed by atoms with Gasteiger partial charge in [-0.15, -0.1) is 0 Å². The average Bonchev–Trinajstić information content (AvgIpc) is 2.88. The number of nitrogens with zero attached hydrogens (tertiary/aromatic N) is 2. The summed E-state index contributed by atoms with van der Waals surface area (Å²) in [4.78, 5) is 9.20. The Morgan fingerprint density at radius 2 is 1.35 bits per heavy atom. The van der Waals surface area contributed by atoms with Gasteiger partial charge in [-0.05, 0) is 49.4 Å². The summed E-state index contributed by atoms with van der Waals surface area (Å²) in [5, 5.41) is 0. The van der Waals surface area contributed by atoms with Crippen LogP contribution >= 0.6 is 0 Å². The van der Waals surface area contributed by atoms with Crippen LogP contribution in [0.25, 0.3) is 22.5 Å². The van der Waals surface area contributed by atoms with Crippen LogP contribution in [0.5, 0.6) is 5.75 Å². The van der Waals surface area contributed by atoms with Crippen LogP contribution in [-0.2, 0) is 11.2 Å². The van der Waals surface area contributed by atoms with Gasteiger partial charge in [0, 0.05) is 30.1 Å². The van der Waals surface area contributed by atoms with E-state index in [1.54, 1.807) is 0 Å². The minimum atomic E-state index is 0.0904. The van der Waals surface area contributed by atoms with Gasteiger partial charge in [-0.1, -0.05) is 82.3 Å². The fourth-order valence-corrected chi connectivity index (χ4v) is 3.84. The standard InChI is InChI=1S/C30H40N2O2/c1-4-6-8-10-20-33-24(3)23-34-29-18-16-26(17-19-29)28-21-31-30(32-22-28)27-14-12-25(13-15-27)11-9-7-5-2/h12-19,21-22,24H,4-11,20,23H2,1-3H3. The molecule has 4 nitrogen and oxygen atoms in total. The quantitative estimate of drug-likeness (QED) is 0.216. The largest absolute Gasteiger partial charge is 0.491 e. The zero-order valence-electron chi connectivity index (χ0n) is 21.1. The average molecular weight is 461 g/mol. The summed E-state index contributed by atoms with van der Waals surface area (Å²) < 4.78 is 11.7. The third-order valence-corrected chi connectivity index (χ3v) is 6.01. The van der Waals surface area contributed by atoms with Crippen LogP contribution in [0.15, 0.2) is 60.9 Å². The maximum absolute atomic E-state index is 5.90. The summed E-state index contributed by atoms with van der Waals surface area (Å²) in [6.07, 6.45) is 13.7. The predicted molar refractivity (Wildman–Crippen MR) is 141 cm³/mol. The second kappa shape index (κ2) is 14.5. The van der Waals surface area contributed by atoms with E-state index in [0.29, 0.717) is 6.61 Å². The van der Waals surface area contributed by atoms with Crippen LogP contribution in [0.3, 0.4) is 0 Å². The Labute approximate surface area is 205 Å². The zero-order chi connectivity index (χ0) is 24.0. The molecular formula is C30H40N2O2. The molecule has 0 radical (unpaired) electrons. The highest BCUT2D eigenvalue weighted by Gasteiger charge is 2.06. The molecule has 0 amide bonds. The van der Waals surface area contributed by atoms with Crippen LogP contribution in [0, 0.1) is 0 Å². The van der Waals surface area contributed by atoms with Crippen molar-refractivity contribution in [3.63, 3.8) is 0 Å². The zero-order valence-corrected chi connectivity index (χ0v) is 21.1. The molecule has 1 unspecified atom stereocenters. The molecule has 0 bridgehead atoms. The maximum Gasteiger partial charge on any atom is 0.159 e. The molecule has 4 heteroatoms. The van der Waals surface area contributed by atoms with Crippen molar-refractivity contribution in [2.24, 2.45) is 0 Å². The van der Waals surface area contributed by atoms with Gasteiger partial charge in [-0.2, -0.15) is 0 Å². The maximum atomic E-state index is 5.90. The highest BCUT2D eigenvalue weighted by atomic mass is 16.5. The van der Waals surface area contributed by atoms with Crippen LogP contribution in [0.4, 0.5) is 0 Å². The molecule has 0 saturated heterocycles. The lowest BCUT2D eigenvalue weighted by molar-refractivity contribution is 0.0303. The first-order valence-corrected chi connectivity index (χ1v) is 13.0. The normalized spacial score (nSPS) is 12.0. The lowest BCUT2D eigenvalue weighted by Crippen LogP contribution is -2.18. The third kappa shape index (κ3) is 8.57.